The first-order valence-corrected chi connectivity index (χ1v) is 12.4. The normalized spacial score (nSPS) is 16.0. The van der Waals surface area contributed by atoms with Crippen LogP contribution in [-0.4, -0.2) is 46.9 Å². The van der Waals surface area contributed by atoms with Gasteiger partial charge in [0.1, 0.15) is 0 Å². The second-order valence-corrected chi connectivity index (χ2v) is 9.80. The highest BCUT2D eigenvalue weighted by molar-refractivity contribution is 5.78. The van der Waals surface area contributed by atoms with E-state index < -0.39 is 65.5 Å². The smallest absolute Gasteiger partial charge is 0.449 e. The van der Waals surface area contributed by atoms with E-state index in [2.05, 4.69) is 4.74 Å². The molecule has 5 rings (SSSR count). The van der Waals surface area contributed by atoms with Crippen LogP contribution in [0.3, 0.4) is 0 Å². The molecule has 228 valence electrons. The van der Waals surface area contributed by atoms with Crippen LogP contribution in [0.2, 0.25) is 0 Å². The summed E-state index contributed by atoms with van der Waals surface area (Å²) in [6.07, 6.45) is -14.2. The summed E-state index contributed by atoms with van der Waals surface area (Å²) in [5, 5.41) is 18.8. The number of benzene rings is 2. The molecule has 0 bridgehead atoms. The maximum absolute atomic E-state index is 13.7. The zero-order chi connectivity index (χ0) is 31.6. The molecule has 0 radical (unpaired) electrons. The van der Waals surface area contributed by atoms with Crippen LogP contribution in [0.25, 0.3) is 16.7 Å². The van der Waals surface area contributed by atoms with E-state index in [1.165, 1.54) is 25.2 Å². The van der Waals surface area contributed by atoms with Gasteiger partial charge in [0.15, 0.2) is 6.10 Å². The van der Waals surface area contributed by atoms with Crippen LogP contribution in [0.15, 0.2) is 57.0 Å². The van der Waals surface area contributed by atoms with Gasteiger partial charge in [0.25, 0.3) is 5.56 Å². The van der Waals surface area contributed by atoms with Crippen molar-refractivity contribution in [2.75, 3.05) is 0 Å². The lowest BCUT2D eigenvalue weighted by atomic mass is 10.0. The number of carbonyl (C=O) groups is 1. The molecular formula is C26H20F6N4O7. The number of ether oxygens (including phenoxy) is 1. The number of aliphatic hydroxyl groups excluding tert-OH is 1. The van der Waals surface area contributed by atoms with E-state index >= 15 is 0 Å². The summed E-state index contributed by atoms with van der Waals surface area (Å²) in [5.41, 5.74) is -4.58. The molecule has 2 atom stereocenters. The van der Waals surface area contributed by atoms with Crippen molar-refractivity contribution in [1.29, 1.82) is 0 Å². The highest BCUT2D eigenvalue weighted by Crippen LogP contribution is 2.41. The summed E-state index contributed by atoms with van der Waals surface area (Å²) in [4.78, 5) is 51.1. The predicted molar refractivity (Wildman–Crippen MR) is 136 cm³/mol. The van der Waals surface area contributed by atoms with Crippen molar-refractivity contribution in [1.82, 2.24) is 18.3 Å². The fourth-order valence-corrected chi connectivity index (χ4v) is 5.34. The van der Waals surface area contributed by atoms with Gasteiger partial charge in [-0.15, -0.1) is 0 Å². The van der Waals surface area contributed by atoms with Gasteiger partial charge in [-0.3, -0.25) is 18.5 Å². The molecule has 43 heavy (non-hydrogen) atoms. The number of fused-ring (bicyclic) bond motifs is 2. The highest BCUT2D eigenvalue weighted by atomic mass is 19.4. The average Bonchev–Trinajstić information content (AvgIpc) is 3.43. The third-order valence-electron chi connectivity index (χ3n) is 7.28. The Bertz CT molecular complexity index is 1950. The van der Waals surface area contributed by atoms with Crippen molar-refractivity contribution in [3.63, 3.8) is 0 Å². The Kier molecular flexibility index (Phi) is 7.03. The van der Waals surface area contributed by atoms with Crippen LogP contribution in [0.4, 0.5) is 31.1 Å². The quantitative estimate of drug-likeness (QED) is 0.260. The molecular weight excluding hydrogens is 594 g/mol. The largest absolute Gasteiger partial charge is 0.511 e. The Balaban J connectivity index is 1.73. The van der Waals surface area contributed by atoms with Crippen LogP contribution in [0, 0.1) is 0 Å². The SMILES string of the molecule is Cn1c(=O)n(CC(O)C(F)(F)F)c2cc(-n3cc(OC(=O)O)c(=O)n([C@@H]4CCc5c4cccc5C(F)(F)F)c3=O)ccc21. The van der Waals surface area contributed by atoms with Crippen molar-refractivity contribution in [3.8, 4) is 11.4 Å². The second-order valence-electron chi connectivity index (χ2n) is 9.80. The van der Waals surface area contributed by atoms with Gasteiger partial charge in [0, 0.05) is 7.05 Å². The van der Waals surface area contributed by atoms with E-state index in [-0.39, 0.29) is 40.7 Å². The van der Waals surface area contributed by atoms with E-state index in [0.717, 1.165) is 27.3 Å². The van der Waals surface area contributed by atoms with E-state index in [9.17, 15) is 55.7 Å². The minimum absolute atomic E-state index is 0.0153. The Labute approximate surface area is 235 Å². The summed E-state index contributed by atoms with van der Waals surface area (Å²) in [7, 11) is 1.26. The molecule has 2 N–H and O–H groups in total. The maximum atomic E-state index is 13.7. The van der Waals surface area contributed by atoms with Gasteiger partial charge in [-0.2, -0.15) is 26.3 Å². The predicted octanol–water partition coefficient (Wildman–Crippen LogP) is 3.19. The van der Waals surface area contributed by atoms with Crippen LogP contribution >= 0.6 is 0 Å². The Hall–Kier alpha value is -4.80. The molecule has 0 amide bonds. The number of imidazole rings is 1. The van der Waals surface area contributed by atoms with Gasteiger partial charge in [-0.1, -0.05) is 12.1 Å². The third-order valence-corrected chi connectivity index (χ3v) is 7.28. The maximum Gasteiger partial charge on any atom is 0.511 e. The number of carboxylic acid groups (broad SMARTS) is 1. The summed E-state index contributed by atoms with van der Waals surface area (Å²) in [6.45, 7) is -1.19. The van der Waals surface area contributed by atoms with E-state index in [0.29, 0.717) is 15.3 Å². The number of aryl methyl sites for hydroxylation is 1. The van der Waals surface area contributed by atoms with Crippen LogP contribution < -0.4 is 21.7 Å². The summed E-state index contributed by atoms with van der Waals surface area (Å²) in [6, 6.07) is 5.64. The van der Waals surface area contributed by atoms with Crippen LogP contribution in [0.1, 0.15) is 29.2 Å². The zero-order valence-corrected chi connectivity index (χ0v) is 21.8. The molecule has 1 aliphatic rings. The average molecular weight is 614 g/mol. The lowest BCUT2D eigenvalue weighted by Gasteiger charge is -2.19. The Morgan fingerprint density at radius 3 is 2.37 bits per heavy atom. The van der Waals surface area contributed by atoms with Gasteiger partial charge in [-0.05, 0) is 48.2 Å². The fourth-order valence-electron chi connectivity index (χ4n) is 5.34. The van der Waals surface area contributed by atoms with Crippen LogP contribution in [0.5, 0.6) is 5.75 Å². The van der Waals surface area contributed by atoms with Crippen molar-refractivity contribution >= 4 is 17.2 Å². The van der Waals surface area contributed by atoms with Gasteiger partial charge in [0.05, 0.1) is 41.1 Å². The number of hydrogen-bond donors (Lipinski definition) is 2. The number of rotatable bonds is 5. The number of halogens is 6. The fraction of sp³-hybridized carbons (Fsp3) is 0.308. The van der Waals surface area contributed by atoms with Gasteiger partial charge in [-0.25, -0.2) is 19.0 Å². The first-order chi connectivity index (χ1) is 20.0. The molecule has 0 saturated carbocycles. The lowest BCUT2D eigenvalue weighted by Crippen LogP contribution is -2.42. The molecule has 2 aromatic carbocycles. The second kappa shape index (κ2) is 10.2. The molecule has 0 saturated heterocycles. The molecule has 1 unspecified atom stereocenters. The molecule has 17 heteroatoms. The molecule has 2 heterocycles. The molecule has 2 aromatic heterocycles. The molecule has 1 aliphatic carbocycles. The molecule has 11 nitrogen and oxygen atoms in total. The van der Waals surface area contributed by atoms with Gasteiger partial charge in [0.2, 0.25) is 5.75 Å². The first kappa shape index (κ1) is 29.7. The van der Waals surface area contributed by atoms with E-state index in [1.807, 2.05) is 0 Å². The Morgan fingerprint density at radius 1 is 1.05 bits per heavy atom. The van der Waals surface area contributed by atoms with Crippen molar-refractivity contribution in [2.24, 2.45) is 7.05 Å². The third kappa shape index (κ3) is 5.09. The van der Waals surface area contributed by atoms with Gasteiger partial charge < -0.3 is 14.9 Å². The minimum Gasteiger partial charge on any atom is -0.449 e. The van der Waals surface area contributed by atoms with E-state index in [4.69, 9.17) is 0 Å². The van der Waals surface area contributed by atoms with E-state index in [1.54, 1.807) is 0 Å². The number of aliphatic hydroxyl groups is 1. The summed E-state index contributed by atoms with van der Waals surface area (Å²) < 4.78 is 87.6. The Morgan fingerprint density at radius 2 is 1.74 bits per heavy atom. The van der Waals surface area contributed by atoms with Crippen molar-refractivity contribution in [2.45, 2.75) is 43.9 Å². The van der Waals surface area contributed by atoms with Crippen molar-refractivity contribution in [3.05, 3.63) is 90.6 Å². The van der Waals surface area contributed by atoms with Crippen LogP contribution in [-0.2, 0) is 26.2 Å². The molecule has 4 aromatic rings. The zero-order valence-electron chi connectivity index (χ0n) is 21.8. The van der Waals surface area contributed by atoms with Gasteiger partial charge >= 0.3 is 29.9 Å². The topological polar surface area (TPSA) is 138 Å². The minimum atomic E-state index is -5.06. The standard InChI is InChI=1S/C26H20F6N4O7/c1-33-17-7-5-12(9-18(17)35(22(33)39)11-20(37)26(30,31)32)34-10-19(43-24(41)42)21(38)36(23(34)40)16-8-6-13-14(16)3-2-4-15(13)25(27,28)29/h2-5,7,9-10,16,20,37H,6,8,11H2,1H3,(H,41,42)/t16-,20?/m1/s1. The monoisotopic (exact) mass is 614 g/mol. The number of alkyl halides is 6. The molecule has 0 aliphatic heterocycles. The van der Waals surface area contributed by atoms with Crippen molar-refractivity contribution < 1.29 is 46.1 Å². The molecule has 0 fully saturated rings. The summed E-state index contributed by atoms with van der Waals surface area (Å²) >= 11 is 0. The number of nitrogens with zero attached hydrogens (tertiary/aromatic N) is 4. The number of aromatic nitrogens is 4. The summed E-state index contributed by atoms with van der Waals surface area (Å²) in [5.74, 6) is -0.884. The highest BCUT2D eigenvalue weighted by Gasteiger charge is 2.40. The first-order valence-electron chi connectivity index (χ1n) is 12.4. The number of hydrogen-bond acceptors (Lipinski definition) is 6. The molecule has 0 spiro atoms. The lowest BCUT2D eigenvalue weighted by molar-refractivity contribution is -0.207.